The normalized spacial score (nSPS) is 17.1. The van der Waals surface area contributed by atoms with E-state index in [-0.39, 0.29) is 4.59 Å². The first-order valence-corrected chi connectivity index (χ1v) is 7.52. The van der Waals surface area contributed by atoms with Gasteiger partial charge in [-0.1, -0.05) is 12.1 Å². The number of hydrogen-bond acceptors (Lipinski definition) is 4. The number of nitrogen functional groups attached to an aromatic ring is 1. The first-order valence-electron chi connectivity index (χ1n) is 5.63. The average molecular weight is 274 g/mol. The molecular weight excluding hydrogens is 254 g/mol. The van der Waals surface area contributed by atoms with Crippen LogP contribution in [0.3, 0.4) is 0 Å². The second-order valence-electron chi connectivity index (χ2n) is 4.24. The summed E-state index contributed by atoms with van der Waals surface area (Å²) in [6, 6.07) is 6.88. The number of benzene rings is 1. The van der Waals surface area contributed by atoms with Crippen LogP contribution in [0.15, 0.2) is 24.3 Å². The number of aliphatic hydroxyl groups is 1. The lowest BCUT2D eigenvalue weighted by atomic mass is 10.2. The molecule has 0 bridgehead atoms. The number of sulfonamides is 1. The summed E-state index contributed by atoms with van der Waals surface area (Å²) in [6.45, 7) is 3.63. The Bertz CT molecular complexity index is 516. The predicted molar refractivity (Wildman–Crippen MR) is 72.8 cm³/mol. The summed E-state index contributed by atoms with van der Waals surface area (Å²) in [6.07, 6.45) is 0.0893. The summed E-state index contributed by atoms with van der Waals surface area (Å²) in [4.78, 5) is 2.46. The Morgan fingerprint density at radius 3 is 2.39 bits per heavy atom. The molecule has 1 aromatic carbocycles. The lowest BCUT2D eigenvalue weighted by Gasteiger charge is -2.38. The molecule has 0 heterocycles. The molecule has 0 amide bonds. The van der Waals surface area contributed by atoms with E-state index in [1.807, 2.05) is 0 Å². The average Bonchev–Trinajstić information content (AvgIpc) is 2.25. The molecule has 6 nitrogen and oxygen atoms in total. The van der Waals surface area contributed by atoms with Crippen LogP contribution in [0.4, 0.5) is 11.4 Å². The Morgan fingerprint density at radius 2 is 2.00 bits per heavy atom. The van der Waals surface area contributed by atoms with Gasteiger partial charge in [-0.2, -0.15) is 4.59 Å². The third-order valence-electron chi connectivity index (χ3n) is 2.83. The Morgan fingerprint density at radius 1 is 1.44 bits per heavy atom. The second kappa shape index (κ2) is 5.23. The number of rotatable bonds is 5. The molecule has 0 spiro atoms. The summed E-state index contributed by atoms with van der Waals surface area (Å²) in [5.74, 6) is 0. The van der Waals surface area contributed by atoms with Crippen LogP contribution in [-0.2, 0) is 10.0 Å². The van der Waals surface area contributed by atoms with Crippen molar-refractivity contribution in [2.45, 2.75) is 20.1 Å². The Hall–Kier alpha value is -1.15. The van der Waals surface area contributed by atoms with Crippen molar-refractivity contribution < 1.29 is 13.5 Å². The third-order valence-corrected chi connectivity index (χ3v) is 3.49. The van der Waals surface area contributed by atoms with E-state index in [9.17, 15) is 13.5 Å². The summed E-state index contributed by atoms with van der Waals surface area (Å²) >= 11 is 0. The lowest BCUT2D eigenvalue weighted by molar-refractivity contribution is 0.0119. The number of nitrogens with zero attached hydrogens (tertiary/aromatic N) is 1. The fourth-order valence-corrected chi connectivity index (χ4v) is 2.94. The van der Waals surface area contributed by atoms with Crippen LogP contribution in [0, 0.1) is 0 Å². The minimum Gasteiger partial charge on any atom is -0.394 e. The highest BCUT2D eigenvalue weighted by Crippen LogP contribution is 2.29. The van der Waals surface area contributed by atoms with Gasteiger partial charge in [0.2, 0.25) is 6.23 Å². The van der Waals surface area contributed by atoms with Crippen LogP contribution in [0.1, 0.15) is 13.8 Å². The molecule has 0 aliphatic heterocycles. The molecule has 7 heteroatoms. The van der Waals surface area contributed by atoms with Crippen molar-refractivity contribution in [3.63, 3.8) is 0 Å². The van der Waals surface area contributed by atoms with Crippen molar-refractivity contribution >= 4 is 21.4 Å². The van der Waals surface area contributed by atoms with Gasteiger partial charge >= 0.3 is 0 Å². The van der Waals surface area contributed by atoms with Crippen molar-refractivity contribution in [1.29, 1.82) is 0 Å². The molecule has 1 rings (SSSR count). The SMILES string of the molecule is CC[N+](NS(C)(=O)=O)(c1ccccc1N)C(C)O. The quantitative estimate of drug-likeness (QED) is 0.313. The van der Waals surface area contributed by atoms with E-state index in [4.69, 9.17) is 5.73 Å². The van der Waals surface area contributed by atoms with Crippen LogP contribution in [0.25, 0.3) is 0 Å². The zero-order valence-electron chi connectivity index (χ0n) is 10.8. The number of quaternary nitrogens is 1. The standard InChI is InChI=1S/C11H20N3O3S/c1-4-14(9(2)15,13-18(3,16)17)11-8-6-5-7-10(11)12/h5-9,13,15H,4,12H2,1-3H3/q+1. The zero-order chi connectivity index (χ0) is 14.0. The fourth-order valence-electron chi connectivity index (χ4n) is 1.97. The molecule has 0 aromatic heterocycles. The summed E-state index contributed by atoms with van der Waals surface area (Å²) in [5, 5.41) is 9.99. The van der Waals surface area contributed by atoms with Crippen molar-refractivity contribution in [1.82, 2.24) is 9.42 Å². The van der Waals surface area contributed by atoms with Crippen LogP contribution in [-0.4, -0.2) is 32.6 Å². The zero-order valence-corrected chi connectivity index (χ0v) is 11.6. The van der Waals surface area contributed by atoms with Crippen molar-refractivity contribution in [3.8, 4) is 0 Å². The molecule has 1 aromatic rings. The summed E-state index contributed by atoms with van der Waals surface area (Å²) in [5.41, 5.74) is 6.83. The number of hydrogen-bond donors (Lipinski definition) is 3. The second-order valence-corrected chi connectivity index (χ2v) is 5.97. The van der Waals surface area contributed by atoms with Crippen molar-refractivity contribution in [2.24, 2.45) is 0 Å². The number of nitrogens with one attached hydrogen (secondary N) is 1. The van der Waals surface area contributed by atoms with Crippen LogP contribution in [0.2, 0.25) is 0 Å². The minimum atomic E-state index is -3.50. The van der Waals surface area contributed by atoms with E-state index < -0.39 is 16.3 Å². The van der Waals surface area contributed by atoms with Gasteiger partial charge in [-0.15, -0.1) is 0 Å². The smallest absolute Gasteiger partial charge is 0.250 e. The van der Waals surface area contributed by atoms with Gasteiger partial charge in [0.05, 0.1) is 11.9 Å². The van der Waals surface area contributed by atoms with Gasteiger partial charge in [-0.25, -0.2) is 8.42 Å². The molecule has 2 atom stereocenters. The van der Waals surface area contributed by atoms with Crippen LogP contribution >= 0.6 is 0 Å². The van der Waals surface area contributed by atoms with Gasteiger partial charge in [0, 0.05) is 13.0 Å². The van der Waals surface area contributed by atoms with E-state index in [1.165, 1.54) is 6.92 Å². The molecule has 0 saturated heterocycles. The number of nitrogens with two attached hydrogens (primary N) is 1. The summed E-state index contributed by atoms with van der Waals surface area (Å²) < 4.78 is 22.7. The van der Waals surface area contributed by atoms with Gasteiger partial charge in [0.25, 0.3) is 10.0 Å². The maximum Gasteiger partial charge on any atom is 0.250 e. The molecule has 0 aliphatic carbocycles. The topological polar surface area (TPSA) is 92.4 Å². The van der Waals surface area contributed by atoms with E-state index >= 15 is 0 Å². The molecule has 0 aliphatic rings. The molecule has 2 unspecified atom stereocenters. The Balaban J connectivity index is 3.42. The van der Waals surface area contributed by atoms with E-state index in [2.05, 4.69) is 4.83 Å². The van der Waals surface area contributed by atoms with Crippen LogP contribution < -0.4 is 15.2 Å². The molecule has 102 valence electrons. The van der Waals surface area contributed by atoms with Gasteiger partial charge in [-0.3, -0.25) is 0 Å². The maximum atomic E-state index is 11.5. The van der Waals surface area contributed by atoms with E-state index in [0.29, 0.717) is 17.9 Å². The van der Waals surface area contributed by atoms with Gasteiger partial charge < -0.3 is 10.8 Å². The highest BCUT2D eigenvalue weighted by Gasteiger charge is 2.39. The first kappa shape index (κ1) is 14.9. The van der Waals surface area contributed by atoms with E-state index in [0.717, 1.165) is 6.26 Å². The lowest BCUT2D eigenvalue weighted by Crippen LogP contribution is -2.66. The third kappa shape index (κ3) is 2.99. The number of para-hydroxylation sites is 2. The first-order chi connectivity index (χ1) is 8.23. The summed E-state index contributed by atoms with van der Waals surface area (Å²) in [7, 11) is -3.50. The highest BCUT2D eigenvalue weighted by atomic mass is 32.2. The fraction of sp³-hybridized carbons (Fsp3) is 0.455. The largest absolute Gasteiger partial charge is 0.394 e. The Kier molecular flexibility index (Phi) is 4.33. The minimum absolute atomic E-state index is 0.328. The Labute approximate surface area is 108 Å². The van der Waals surface area contributed by atoms with E-state index in [1.54, 1.807) is 31.2 Å². The number of aliphatic hydroxyl groups excluding tert-OH is 1. The van der Waals surface area contributed by atoms with Crippen molar-refractivity contribution in [2.75, 3.05) is 18.5 Å². The molecule has 0 saturated carbocycles. The molecule has 18 heavy (non-hydrogen) atoms. The molecule has 4 N–H and O–H groups in total. The van der Waals surface area contributed by atoms with Gasteiger partial charge in [0.1, 0.15) is 6.54 Å². The molecule has 0 fully saturated rings. The van der Waals surface area contributed by atoms with Gasteiger partial charge in [-0.05, 0) is 17.8 Å². The predicted octanol–water partition coefficient (Wildman–Crippen LogP) is 0.398. The number of anilines is 1. The maximum absolute atomic E-state index is 11.5. The highest BCUT2D eigenvalue weighted by molar-refractivity contribution is 7.88. The van der Waals surface area contributed by atoms with Crippen LogP contribution in [0.5, 0.6) is 0 Å². The van der Waals surface area contributed by atoms with Gasteiger partial charge in [0.15, 0.2) is 5.69 Å². The molecule has 0 radical (unpaired) electrons. The molecular formula is C11H20N3O3S+. The monoisotopic (exact) mass is 274 g/mol. The van der Waals surface area contributed by atoms with Crippen molar-refractivity contribution in [3.05, 3.63) is 24.3 Å².